The molecule has 1 fully saturated rings. The summed E-state index contributed by atoms with van der Waals surface area (Å²) in [5.74, 6) is 0.371. The quantitative estimate of drug-likeness (QED) is 0.597. The van der Waals surface area contributed by atoms with Crippen LogP contribution in [0.25, 0.3) is 10.8 Å². The average molecular weight is 460 g/mol. The maximum Gasteiger partial charge on any atom is 0.260 e. The van der Waals surface area contributed by atoms with Gasteiger partial charge in [-0.1, -0.05) is 35.9 Å². The molecule has 8 nitrogen and oxygen atoms in total. The molecule has 0 spiro atoms. The maximum absolute atomic E-state index is 13.0. The van der Waals surface area contributed by atoms with E-state index in [9.17, 15) is 23.9 Å². The molecule has 0 amide bonds. The van der Waals surface area contributed by atoms with Crippen molar-refractivity contribution >= 4 is 32.4 Å². The number of aliphatic hydroxyl groups excluding tert-OH is 1. The van der Waals surface area contributed by atoms with E-state index in [1.807, 2.05) is 0 Å². The van der Waals surface area contributed by atoms with Gasteiger partial charge in [0.1, 0.15) is 17.5 Å². The Morgan fingerprint density at radius 1 is 1.23 bits per heavy atom. The van der Waals surface area contributed by atoms with Crippen LogP contribution in [0.15, 0.2) is 59.8 Å². The number of nitrogens with zero attached hydrogens (tertiary/aromatic N) is 3. The molecule has 0 aliphatic carbocycles. The van der Waals surface area contributed by atoms with Gasteiger partial charge in [0.25, 0.3) is 10.0 Å². The Morgan fingerprint density at radius 3 is 2.61 bits per heavy atom. The fourth-order valence-corrected chi connectivity index (χ4v) is 5.11. The number of pyridine rings is 1. The van der Waals surface area contributed by atoms with E-state index in [-0.39, 0.29) is 18.1 Å². The van der Waals surface area contributed by atoms with Gasteiger partial charge in [0.15, 0.2) is 5.03 Å². The number of fused-ring (bicyclic) bond motifs is 1. The van der Waals surface area contributed by atoms with Crippen molar-refractivity contribution in [2.75, 3.05) is 19.7 Å². The number of halogens is 1. The molecule has 0 radical (unpaired) electrons. The molecule has 0 bridgehead atoms. The van der Waals surface area contributed by atoms with Gasteiger partial charge in [-0.15, -0.1) is 0 Å². The number of benzene rings is 2. The van der Waals surface area contributed by atoms with Gasteiger partial charge in [0.05, 0.1) is 29.8 Å². The maximum atomic E-state index is 13.0. The van der Waals surface area contributed by atoms with E-state index in [1.54, 1.807) is 36.4 Å². The predicted octanol–water partition coefficient (Wildman–Crippen LogP) is 1.94. The van der Waals surface area contributed by atoms with Gasteiger partial charge in [-0.3, -0.25) is 0 Å². The summed E-state index contributed by atoms with van der Waals surface area (Å²) >= 11 is 5.79. The highest BCUT2D eigenvalue weighted by atomic mass is 35.5. The van der Waals surface area contributed by atoms with E-state index in [2.05, 4.69) is 11.1 Å². The highest BCUT2D eigenvalue weighted by Gasteiger charge is 2.51. The van der Waals surface area contributed by atoms with Gasteiger partial charge < -0.3 is 14.9 Å². The lowest BCUT2D eigenvalue weighted by atomic mass is 10.0. The number of ether oxygens (including phenoxy) is 1. The summed E-state index contributed by atoms with van der Waals surface area (Å²) < 4.78 is 33.0. The molecule has 31 heavy (non-hydrogen) atoms. The Labute approximate surface area is 183 Å². The minimum atomic E-state index is -4.05. The van der Waals surface area contributed by atoms with Crippen LogP contribution < -0.4 is 4.74 Å². The average Bonchev–Trinajstić information content (AvgIpc) is 3.12. The molecule has 4 rings (SSSR count). The first-order chi connectivity index (χ1) is 14.8. The summed E-state index contributed by atoms with van der Waals surface area (Å²) in [4.78, 5) is 3.86. The molecule has 160 valence electrons. The first kappa shape index (κ1) is 21.5. The Bertz CT molecular complexity index is 1280. The third-order valence-electron chi connectivity index (χ3n) is 5.27. The van der Waals surface area contributed by atoms with Crippen LogP contribution in [0.1, 0.15) is 5.56 Å². The SMILES string of the molecule is N#Cc1ccc(O[C@H]2CN(S(=O)(=O)c3ccc(Cl)cn3)C[C@@]2(O)CO)c2ccccc12. The van der Waals surface area contributed by atoms with E-state index in [4.69, 9.17) is 16.3 Å². The number of rotatable bonds is 5. The lowest BCUT2D eigenvalue weighted by Crippen LogP contribution is -2.48. The smallest absolute Gasteiger partial charge is 0.260 e. The van der Waals surface area contributed by atoms with Crippen LogP contribution in [-0.4, -0.2) is 59.3 Å². The number of β-amino-alcohol motifs (C(OH)–C–C–N with tert-alkyl or cyclic N) is 1. The molecule has 2 atom stereocenters. The molecule has 1 aliphatic heterocycles. The number of aliphatic hydroxyl groups is 2. The minimum Gasteiger partial charge on any atom is -0.485 e. The molecule has 2 N–H and O–H groups in total. The second kappa shape index (κ2) is 8.07. The highest BCUT2D eigenvalue weighted by molar-refractivity contribution is 7.89. The molecule has 1 aromatic heterocycles. The predicted molar refractivity (Wildman–Crippen MR) is 113 cm³/mol. The van der Waals surface area contributed by atoms with Crippen LogP contribution in [0.2, 0.25) is 5.02 Å². The van der Waals surface area contributed by atoms with Crippen molar-refractivity contribution in [2.45, 2.75) is 16.7 Å². The van der Waals surface area contributed by atoms with Crippen molar-refractivity contribution in [3.63, 3.8) is 0 Å². The first-order valence-electron chi connectivity index (χ1n) is 9.32. The zero-order valence-corrected chi connectivity index (χ0v) is 17.7. The Kier molecular flexibility index (Phi) is 5.60. The Hall–Kier alpha value is -2.74. The molecule has 1 saturated heterocycles. The van der Waals surface area contributed by atoms with Crippen LogP contribution in [0.3, 0.4) is 0 Å². The fourth-order valence-electron chi connectivity index (χ4n) is 3.58. The summed E-state index contributed by atoms with van der Waals surface area (Å²) in [6.07, 6.45) is 0.176. The molecular formula is C21H18ClN3O5S. The van der Waals surface area contributed by atoms with Crippen LogP contribution in [0, 0.1) is 11.3 Å². The van der Waals surface area contributed by atoms with Crippen molar-refractivity contribution in [3.8, 4) is 11.8 Å². The van der Waals surface area contributed by atoms with Crippen molar-refractivity contribution in [2.24, 2.45) is 0 Å². The van der Waals surface area contributed by atoms with Gasteiger partial charge in [-0.05, 0) is 24.3 Å². The third-order valence-corrected chi connectivity index (χ3v) is 7.22. The number of sulfonamides is 1. The van der Waals surface area contributed by atoms with Crippen molar-refractivity contribution < 1.29 is 23.4 Å². The summed E-state index contributed by atoms with van der Waals surface area (Å²) in [7, 11) is -4.05. The molecule has 3 aromatic rings. The van der Waals surface area contributed by atoms with Crippen LogP contribution in [0.4, 0.5) is 0 Å². The van der Waals surface area contributed by atoms with Gasteiger partial charge in [0, 0.05) is 23.5 Å². The van der Waals surface area contributed by atoms with E-state index in [1.165, 1.54) is 18.3 Å². The topological polar surface area (TPSA) is 124 Å². The summed E-state index contributed by atoms with van der Waals surface area (Å²) in [6.45, 7) is -1.26. The molecule has 0 unspecified atom stereocenters. The number of hydrogen-bond acceptors (Lipinski definition) is 7. The van der Waals surface area contributed by atoms with Crippen LogP contribution in [-0.2, 0) is 10.0 Å². The Morgan fingerprint density at radius 2 is 1.97 bits per heavy atom. The van der Waals surface area contributed by atoms with Gasteiger partial charge in [-0.2, -0.15) is 9.57 Å². The zero-order valence-electron chi connectivity index (χ0n) is 16.1. The van der Waals surface area contributed by atoms with Crippen LogP contribution >= 0.6 is 11.6 Å². The summed E-state index contributed by atoms with van der Waals surface area (Å²) in [5, 5.41) is 31.5. The Balaban J connectivity index is 1.67. The van der Waals surface area contributed by atoms with E-state index >= 15 is 0 Å². The normalized spacial score (nSPS) is 21.8. The number of aromatic nitrogens is 1. The summed E-state index contributed by atoms with van der Waals surface area (Å²) in [6, 6.07) is 15.1. The molecule has 0 saturated carbocycles. The van der Waals surface area contributed by atoms with Gasteiger partial charge >= 0.3 is 0 Å². The van der Waals surface area contributed by atoms with Gasteiger partial charge in [-0.25, -0.2) is 13.4 Å². The van der Waals surface area contributed by atoms with Crippen molar-refractivity contribution in [1.29, 1.82) is 5.26 Å². The second-order valence-electron chi connectivity index (χ2n) is 7.25. The van der Waals surface area contributed by atoms with Crippen molar-refractivity contribution in [3.05, 3.63) is 65.3 Å². The van der Waals surface area contributed by atoms with E-state index < -0.39 is 28.3 Å². The first-order valence-corrected chi connectivity index (χ1v) is 11.1. The molecule has 10 heteroatoms. The van der Waals surface area contributed by atoms with Crippen LogP contribution in [0.5, 0.6) is 5.75 Å². The molecule has 2 aromatic carbocycles. The van der Waals surface area contributed by atoms with Crippen molar-refractivity contribution in [1.82, 2.24) is 9.29 Å². The van der Waals surface area contributed by atoms with E-state index in [0.717, 1.165) is 4.31 Å². The minimum absolute atomic E-state index is 0.196. The second-order valence-corrected chi connectivity index (χ2v) is 9.57. The van der Waals surface area contributed by atoms with E-state index in [0.29, 0.717) is 27.1 Å². The van der Waals surface area contributed by atoms with Gasteiger partial charge in [0.2, 0.25) is 0 Å². The zero-order chi connectivity index (χ0) is 22.2. The molecule has 1 aliphatic rings. The number of nitriles is 1. The standard InChI is InChI=1S/C21H18ClN3O5S/c22-15-6-8-20(24-10-15)31(28,29)25-11-19(21(27,12-25)13-26)30-18-7-5-14(9-23)16-3-1-2-4-17(16)18/h1-8,10,19,26-27H,11-13H2/t19-,21+/m0/s1. The summed E-state index contributed by atoms with van der Waals surface area (Å²) in [5.41, 5.74) is -1.36. The molecular weight excluding hydrogens is 442 g/mol. The monoisotopic (exact) mass is 459 g/mol. The largest absolute Gasteiger partial charge is 0.485 e. The number of hydrogen-bond donors (Lipinski definition) is 2. The fraction of sp³-hybridized carbons (Fsp3) is 0.238. The molecule has 2 heterocycles. The highest BCUT2D eigenvalue weighted by Crippen LogP contribution is 2.34. The third kappa shape index (κ3) is 3.84. The lowest BCUT2D eigenvalue weighted by Gasteiger charge is -2.27. The lowest BCUT2D eigenvalue weighted by molar-refractivity contribution is -0.0636.